The van der Waals surface area contributed by atoms with Crippen molar-refractivity contribution in [2.75, 3.05) is 18.6 Å². The molecule has 0 aromatic heterocycles. The van der Waals surface area contributed by atoms with Crippen molar-refractivity contribution in [2.45, 2.75) is 20.4 Å². The molecule has 0 radical (unpaired) electrons. The van der Waals surface area contributed by atoms with Crippen molar-refractivity contribution in [2.24, 2.45) is 5.92 Å². The standard InChI is InChI=1S/C18H22N2O3/c1-14(2)12-19(16-8-10-18(23-3)11-9-16)13-15-4-6-17(7-5-15)20(21)22/h4-11,14H,12-13H2,1-3H3. The van der Waals surface area contributed by atoms with Crippen LogP contribution in [0.2, 0.25) is 0 Å². The number of hydrogen-bond donors (Lipinski definition) is 0. The number of anilines is 1. The Morgan fingerprint density at radius 2 is 1.70 bits per heavy atom. The molecule has 0 bridgehead atoms. The highest BCUT2D eigenvalue weighted by Crippen LogP contribution is 2.23. The summed E-state index contributed by atoms with van der Waals surface area (Å²) in [5.74, 6) is 1.34. The molecule has 2 aromatic carbocycles. The molecule has 0 heterocycles. The number of non-ortho nitro benzene ring substituents is 1. The minimum absolute atomic E-state index is 0.119. The van der Waals surface area contributed by atoms with E-state index in [2.05, 4.69) is 18.7 Å². The van der Waals surface area contributed by atoms with Crippen LogP contribution in [0.25, 0.3) is 0 Å². The van der Waals surface area contributed by atoms with E-state index in [9.17, 15) is 10.1 Å². The Bertz CT molecular complexity index is 636. The number of hydrogen-bond acceptors (Lipinski definition) is 4. The number of nitro benzene ring substituents is 1. The van der Waals surface area contributed by atoms with E-state index < -0.39 is 0 Å². The molecule has 0 saturated heterocycles. The van der Waals surface area contributed by atoms with Crippen LogP contribution in [0.4, 0.5) is 11.4 Å². The van der Waals surface area contributed by atoms with E-state index in [1.165, 1.54) is 0 Å². The van der Waals surface area contributed by atoms with Gasteiger partial charge in [0, 0.05) is 30.9 Å². The summed E-state index contributed by atoms with van der Waals surface area (Å²) in [7, 11) is 1.65. The Morgan fingerprint density at radius 3 is 2.17 bits per heavy atom. The lowest BCUT2D eigenvalue weighted by atomic mass is 10.1. The zero-order valence-corrected chi connectivity index (χ0v) is 13.7. The molecule has 0 fully saturated rings. The molecule has 0 aliphatic carbocycles. The smallest absolute Gasteiger partial charge is 0.269 e. The molecular formula is C18H22N2O3. The van der Waals surface area contributed by atoms with Crippen molar-refractivity contribution in [1.82, 2.24) is 0 Å². The van der Waals surface area contributed by atoms with Crippen LogP contribution in [-0.4, -0.2) is 18.6 Å². The van der Waals surface area contributed by atoms with Gasteiger partial charge in [0.15, 0.2) is 0 Å². The Balaban J connectivity index is 2.18. The Labute approximate surface area is 136 Å². The lowest BCUT2D eigenvalue weighted by molar-refractivity contribution is -0.384. The van der Waals surface area contributed by atoms with Crippen LogP contribution in [-0.2, 0) is 6.54 Å². The summed E-state index contributed by atoms with van der Waals surface area (Å²) >= 11 is 0. The molecule has 0 N–H and O–H groups in total. The first-order valence-electron chi connectivity index (χ1n) is 7.62. The topological polar surface area (TPSA) is 55.6 Å². The third-order valence-electron chi connectivity index (χ3n) is 3.54. The maximum absolute atomic E-state index is 10.7. The van der Waals surface area contributed by atoms with Crippen LogP contribution in [0, 0.1) is 16.0 Å². The predicted octanol–water partition coefficient (Wildman–Crippen LogP) is 4.27. The van der Waals surface area contributed by atoms with Gasteiger partial charge in [0.1, 0.15) is 5.75 Å². The van der Waals surface area contributed by atoms with Crippen molar-refractivity contribution in [1.29, 1.82) is 0 Å². The van der Waals surface area contributed by atoms with E-state index in [-0.39, 0.29) is 10.6 Å². The van der Waals surface area contributed by atoms with Gasteiger partial charge in [0.25, 0.3) is 5.69 Å². The SMILES string of the molecule is COc1ccc(N(Cc2ccc([N+](=O)[O-])cc2)CC(C)C)cc1. The van der Waals surface area contributed by atoms with Crippen molar-refractivity contribution in [3.8, 4) is 5.75 Å². The summed E-state index contributed by atoms with van der Waals surface area (Å²) < 4.78 is 5.20. The van der Waals surface area contributed by atoms with Gasteiger partial charge in [-0.05, 0) is 35.7 Å². The molecule has 0 unspecified atom stereocenters. The van der Waals surface area contributed by atoms with Crippen LogP contribution in [0.1, 0.15) is 19.4 Å². The molecule has 2 aromatic rings. The Hall–Kier alpha value is -2.56. The number of benzene rings is 2. The second kappa shape index (κ2) is 7.63. The van der Waals surface area contributed by atoms with Gasteiger partial charge in [-0.1, -0.05) is 26.0 Å². The summed E-state index contributed by atoms with van der Waals surface area (Å²) in [6.45, 7) is 5.96. The molecule has 0 aliphatic rings. The average Bonchev–Trinajstić information content (AvgIpc) is 2.54. The lowest BCUT2D eigenvalue weighted by Crippen LogP contribution is -2.27. The molecule has 23 heavy (non-hydrogen) atoms. The van der Waals surface area contributed by atoms with Crippen LogP contribution in [0.5, 0.6) is 5.75 Å². The van der Waals surface area contributed by atoms with Crippen molar-refractivity contribution in [3.63, 3.8) is 0 Å². The number of rotatable bonds is 7. The van der Waals surface area contributed by atoms with Crippen LogP contribution >= 0.6 is 0 Å². The third kappa shape index (κ3) is 4.71. The maximum atomic E-state index is 10.7. The molecule has 0 spiro atoms. The molecule has 0 atom stereocenters. The van der Waals surface area contributed by atoms with Gasteiger partial charge >= 0.3 is 0 Å². The van der Waals surface area contributed by atoms with Gasteiger partial charge < -0.3 is 9.64 Å². The molecule has 0 amide bonds. The van der Waals surface area contributed by atoms with Crippen molar-refractivity contribution in [3.05, 3.63) is 64.2 Å². The quantitative estimate of drug-likeness (QED) is 0.566. The summed E-state index contributed by atoms with van der Waals surface area (Å²) in [5.41, 5.74) is 2.28. The normalized spacial score (nSPS) is 10.6. The van der Waals surface area contributed by atoms with Crippen LogP contribution < -0.4 is 9.64 Å². The highest BCUT2D eigenvalue weighted by Gasteiger charge is 2.11. The zero-order valence-electron chi connectivity index (χ0n) is 13.7. The number of nitro groups is 1. The second-order valence-corrected chi connectivity index (χ2v) is 5.90. The number of ether oxygens (including phenoxy) is 1. The van der Waals surface area contributed by atoms with E-state index in [0.29, 0.717) is 12.5 Å². The first-order valence-corrected chi connectivity index (χ1v) is 7.62. The predicted molar refractivity (Wildman–Crippen MR) is 92.0 cm³/mol. The van der Waals surface area contributed by atoms with Crippen molar-refractivity contribution < 1.29 is 9.66 Å². The summed E-state index contributed by atoms with van der Waals surface area (Å²) in [5, 5.41) is 10.7. The fraction of sp³-hybridized carbons (Fsp3) is 0.333. The maximum Gasteiger partial charge on any atom is 0.269 e. The van der Waals surface area contributed by atoms with Gasteiger partial charge in [-0.25, -0.2) is 0 Å². The van der Waals surface area contributed by atoms with Crippen molar-refractivity contribution >= 4 is 11.4 Å². The van der Waals surface area contributed by atoms with Crippen LogP contribution in [0.15, 0.2) is 48.5 Å². The minimum atomic E-state index is -0.376. The molecule has 2 rings (SSSR count). The molecule has 5 heteroatoms. The third-order valence-corrected chi connectivity index (χ3v) is 3.54. The first kappa shape index (κ1) is 16.8. The van der Waals surface area contributed by atoms with E-state index in [1.807, 2.05) is 36.4 Å². The highest BCUT2D eigenvalue weighted by molar-refractivity contribution is 5.50. The van der Waals surface area contributed by atoms with E-state index in [4.69, 9.17) is 4.74 Å². The van der Waals surface area contributed by atoms with Crippen LogP contribution in [0.3, 0.4) is 0 Å². The summed E-state index contributed by atoms with van der Waals surface area (Å²) in [6.07, 6.45) is 0. The summed E-state index contributed by atoms with van der Waals surface area (Å²) in [6, 6.07) is 14.7. The van der Waals surface area contributed by atoms with Gasteiger partial charge in [-0.3, -0.25) is 10.1 Å². The average molecular weight is 314 g/mol. The number of methoxy groups -OCH3 is 1. The van der Waals surface area contributed by atoms with Gasteiger partial charge in [0.2, 0.25) is 0 Å². The fourth-order valence-corrected chi connectivity index (χ4v) is 2.44. The molecule has 0 saturated carbocycles. The lowest BCUT2D eigenvalue weighted by Gasteiger charge is -2.27. The Kier molecular flexibility index (Phi) is 5.57. The minimum Gasteiger partial charge on any atom is -0.497 e. The van der Waals surface area contributed by atoms with Gasteiger partial charge in [-0.15, -0.1) is 0 Å². The van der Waals surface area contributed by atoms with E-state index in [1.54, 1.807) is 19.2 Å². The van der Waals surface area contributed by atoms with Gasteiger partial charge in [0.05, 0.1) is 12.0 Å². The zero-order chi connectivity index (χ0) is 16.8. The van der Waals surface area contributed by atoms with E-state index >= 15 is 0 Å². The van der Waals surface area contributed by atoms with Gasteiger partial charge in [-0.2, -0.15) is 0 Å². The largest absolute Gasteiger partial charge is 0.497 e. The highest BCUT2D eigenvalue weighted by atomic mass is 16.6. The Morgan fingerprint density at radius 1 is 1.09 bits per heavy atom. The number of nitrogens with zero attached hydrogens (tertiary/aromatic N) is 2. The monoisotopic (exact) mass is 314 g/mol. The molecular weight excluding hydrogens is 292 g/mol. The molecule has 122 valence electrons. The summed E-state index contributed by atoms with van der Waals surface area (Å²) in [4.78, 5) is 12.6. The van der Waals surface area contributed by atoms with E-state index in [0.717, 1.165) is 23.5 Å². The first-order chi connectivity index (χ1) is 11.0. The molecule has 0 aliphatic heterocycles. The second-order valence-electron chi connectivity index (χ2n) is 5.90. The fourth-order valence-electron chi connectivity index (χ4n) is 2.44. The molecule has 5 nitrogen and oxygen atoms in total.